The van der Waals surface area contributed by atoms with E-state index in [9.17, 15) is 9.59 Å². The third-order valence-electron chi connectivity index (χ3n) is 3.55. The molecule has 1 aliphatic heterocycles. The molecule has 0 aromatic carbocycles. The van der Waals surface area contributed by atoms with Gasteiger partial charge in [0.25, 0.3) is 5.91 Å². The van der Waals surface area contributed by atoms with E-state index in [-0.39, 0.29) is 29.0 Å². The molecule has 1 aliphatic rings. The van der Waals surface area contributed by atoms with Crippen LogP contribution in [0.25, 0.3) is 0 Å². The van der Waals surface area contributed by atoms with E-state index in [1.165, 1.54) is 12.3 Å². The molecule has 0 spiro atoms. The molecule has 92 valence electrons. The van der Waals surface area contributed by atoms with Gasteiger partial charge in [0.05, 0.1) is 0 Å². The van der Waals surface area contributed by atoms with Crippen molar-refractivity contribution in [3.63, 3.8) is 0 Å². The molecule has 0 saturated carbocycles. The summed E-state index contributed by atoms with van der Waals surface area (Å²) in [5.74, 6) is -0.135. The summed E-state index contributed by atoms with van der Waals surface area (Å²) in [5.41, 5.74) is 0.0439. The highest BCUT2D eigenvalue weighted by Gasteiger charge is 2.34. The third kappa shape index (κ3) is 2.12. The number of hydrogen-bond donors (Lipinski definition) is 1. The first kappa shape index (κ1) is 11.9. The molecule has 1 N–H and O–H groups in total. The Morgan fingerprint density at radius 2 is 2.29 bits per heavy atom. The summed E-state index contributed by atoms with van der Waals surface area (Å²) in [6.45, 7) is 4.13. The topological polar surface area (TPSA) is 53.2 Å². The second kappa shape index (κ2) is 4.73. The number of amides is 1. The predicted octanol–water partition coefficient (Wildman–Crippen LogP) is 1.78. The van der Waals surface area contributed by atoms with Gasteiger partial charge in [-0.1, -0.05) is 6.92 Å². The van der Waals surface area contributed by atoms with Crippen LogP contribution in [0.5, 0.6) is 0 Å². The number of nitrogens with one attached hydrogen (secondary N) is 1. The highest BCUT2D eigenvalue weighted by atomic mass is 16.2. The average molecular weight is 234 g/mol. The van der Waals surface area contributed by atoms with Crippen molar-refractivity contribution < 1.29 is 4.79 Å². The molecule has 0 aliphatic carbocycles. The number of rotatable bonds is 2. The fourth-order valence-corrected chi connectivity index (χ4v) is 2.56. The Morgan fingerprint density at radius 3 is 2.94 bits per heavy atom. The Kier molecular flexibility index (Phi) is 3.31. The van der Waals surface area contributed by atoms with Crippen LogP contribution in [-0.2, 0) is 0 Å². The lowest BCUT2D eigenvalue weighted by Gasteiger charge is -2.27. The molecule has 2 heterocycles. The maximum absolute atomic E-state index is 12.4. The van der Waals surface area contributed by atoms with Crippen LogP contribution in [0.3, 0.4) is 0 Å². The third-order valence-corrected chi connectivity index (χ3v) is 3.55. The van der Waals surface area contributed by atoms with Crippen molar-refractivity contribution in [2.75, 3.05) is 0 Å². The standard InChI is InChI=1S/C13H18N2O2/c1-3-10-5-4-9(2)15(10)13(17)11-8-14-7-6-12(11)16/h6-10H,3-5H2,1-2H3,(H,14,16). The molecule has 1 aromatic heterocycles. The highest BCUT2D eigenvalue weighted by molar-refractivity contribution is 5.94. The Labute approximate surface area is 101 Å². The number of likely N-dealkylation sites (tertiary alicyclic amines) is 1. The van der Waals surface area contributed by atoms with Gasteiger partial charge in [-0.2, -0.15) is 0 Å². The lowest BCUT2D eigenvalue weighted by Crippen LogP contribution is -2.41. The molecule has 17 heavy (non-hydrogen) atoms. The number of nitrogens with zero attached hydrogens (tertiary/aromatic N) is 1. The van der Waals surface area contributed by atoms with Crippen molar-refractivity contribution in [1.29, 1.82) is 0 Å². The van der Waals surface area contributed by atoms with Gasteiger partial charge in [-0.15, -0.1) is 0 Å². The first-order valence-electron chi connectivity index (χ1n) is 6.15. The number of carbonyl (C=O) groups excluding carboxylic acids is 1. The number of aromatic nitrogens is 1. The highest BCUT2D eigenvalue weighted by Crippen LogP contribution is 2.27. The molecule has 2 rings (SSSR count). The molecule has 4 heteroatoms. The Hall–Kier alpha value is -1.58. The van der Waals surface area contributed by atoms with Crippen LogP contribution in [0.15, 0.2) is 23.3 Å². The second-order valence-corrected chi connectivity index (χ2v) is 4.62. The second-order valence-electron chi connectivity index (χ2n) is 4.62. The van der Waals surface area contributed by atoms with Crippen molar-refractivity contribution in [3.8, 4) is 0 Å². The van der Waals surface area contributed by atoms with Gasteiger partial charge in [-0.25, -0.2) is 0 Å². The van der Waals surface area contributed by atoms with E-state index >= 15 is 0 Å². The smallest absolute Gasteiger partial charge is 0.259 e. The molecule has 4 nitrogen and oxygen atoms in total. The van der Waals surface area contributed by atoms with E-state index in [1.54, 1.807) is 6.20 Å². The van der Waals surface area contributed by atoms with Crippen LogP contribution in [-0.4, -0.2) is 27.9 Å². The van der Waals surface area contributed by atoms with Gasteiger partial charge in [0.1, 0.15) is 5.56 Å². The maximum Gasteiger partial charge on any atom is 0.259 e. The van der Waals surface area contributed by atoms with Gasteiger partial charge in [-0.05, 0) is 26.2 Å². The van der Waals surface area contributed by atoms with Crippen LogP contribution in [0.4, 0.5) is 0 Å². The number of aromatic amines is 1. The van der Waals surface area contributed by atoms with Crippen LogP contribution < -0.4 is 5.43 Å². The molecular formula is C13H18N2O2. The van der Waals surface area contributed by atoms with E-state index in [0.29, 0.717) is 0 Å². The Morgan fingerprint density at radius 1 is 1.53 bits per heavy atom. The summed E-state index contributed by atoms with van der Waals surface area (Å²) in [5, 5.41) is 0. The number of H-pyrrole nitrogens is 1. The number of pyridine rings is 1. The molecule has 0 radical (unpaired) electrons. The van der Waals surface area contributed by atoms with Gasteiger partial charge in [-0.3, -0.25) is 9.59 Å². The monoisotopic (exact) mass is 234 g/mol. The summed E-state index contributed by atoms with van der Waals surface area (Å²) in [7, 11) is 0. The van der Waals surface area contributed by atoms with E-state index in [2.05, 4.69) is 11.9 Å². The van der Waals surface area contributed by atoms with Crippen LogP contribution in [0.2, 0.25) is 0 Å². The van der Waals surface area contributed by atoms with E-state index in [1.807, 2.05) is 11.8 Å². The normalized spacial score (nSPS) is 24.0. The van der Waals surface area contributed by atoms with Gasteiger partial charge < -0.3 is 9.88 Å². The zero-order valence-electron chi connectivity index (χ0n) is 10.3. The zero-order valence-corrected chi connectivity index (χ0v) is 10.3. The molecule has 2 unspecified atom stereocenters. The SMILES string of the molecule is CCC1CCC(C)N1C(=O)c1c[nH]ccc1=O. The fraction of sp³-hybridized carbons (Fsp3) is 0.538. The minimum Gasteiger partial charge on any atom is -0.367 e. The van der Waals surface area contributed by atoms with Gasteiger partial charge in [0, 0.05) is 30.5 Å². The van der Waals surface area contributed by atoms with Crippen molar-refractivity contribution >= 4 is 5.91 Å². The van der Waals surface area contributed by atoms with Crippen molar-refractivity contribution in [1.82, 2.24) is 9.88 Å². The lowest BCUT2D eigenvalue weighted by atomic mass is 10.1. The zero-order chi connectivity index (χ0) is 12.4. The molecule has 0 bridgehead atoms. The van der Waals surface area contributed by atoms with Gasteiger partial charge >= 0.3 is 0 Å². The van der Waals surface area contributed by atoms with Crippen molar-refractivity contribution in [2.24, 2.45) is 0 Å². The minimum absolute atomic E-state index is 0.135. The molecule has 1 fully saturated rings. The van der Waals surface area contributed by atoms with Crippen molar-refractivity contribution in [2.45, 2.75) is 45.2 Å². The average Bonchev–Trinajstić information content (AvgIpc) is 2.70. The summed E-state index contributed by atoms with van der Waals surface area (Å²) < 4.78 is 0. The molecule has 1 saturated heterocycles. The quantitative estimate of drug-likeness (QED) is 0.848. The fourth-order valence-electron chi connectivity index (χ4n) is 2.56. The summed E-state index contributed by atoms with van der Waals surface area (Å²) in [4.78, 5) is 28.7. The van der Waals surface area contributed by atoms with Crippen LogP contribution in [0, 0.1) is 0 Å². The predicted molar refractivity (Wildman–Crippen MR) is 66.0 cm³/mol. The van der Waals surface area contributed by atoms with E-state index < -0.39 is 0 Å². The molecule has 2 atom stereocenters. The Bertz CT molecular complexity index is 466. The molecule has 1 aromatic rings. The van der Waals surface area contributed by atoms with E-state index in [4.69, 9.17) is 0 Å². The maximum atomic E-state index is 12.4. The minimum atomic E-state index is -0.206. The number of carbonyl (C=O) groups is 1. The lowest BCUT2D eigenvalue weighted by molar-refractivity contribution is 0.0674. The first-order valence-corrected chi connectivity index (χ1v) is 6.15. The summed E-state index contributed by atoms with van der Waals surface area (Å²) in [6.07, 6.45) is 6.05. The molecular weight excluding hydrogens is 216 g/mol. The van der Waals surface area contributed by atoms with Crippen LogP contribution in [0.1, 0.15) is 43.5 Å². The van der Waals surface area contributed by atoms with Crippen molar-refractivity contribution in [3.05, 3.63) is 34.2 Å². The summed E-state index contributed by atoms with van der Waals surface area (Å²) >= 11 is 0. The van der Waals surface area contributed by atoms with E-state index in [0.717, 1.165) is 19.3 Å². The molecule has 1 amide bonds. The largest absolute Gasteiger partial charge is 0.367 e. The first-order chi connectivity index (χ1) is 8.15. The summed E-state index contributed by atoms with van der Waals surface area (Å²) in [6, 6.07) is 1.90. The van der Waals surface area contributed by atoms with Crippen LogP contribution >= 0.6 is 0 Å². The Balaban J connectivity index is 2.31. The number of hydrogen-bond acceptors (Lipinski definition) is 2. The van der Waals surface area contributed by atoms with Gasteiger partial charge in [0.15, 0.2) is 5.43 Å². The van der Waals surface area contributed by atoms with Gasteiger partial charge in [0.2, 0.25) is 0 Å².